The van der Waals surface area contributed by atoms with Crippen LogP contribution in [0.5, 0.6) is 11.5 Å². The molecular formula is C15H20N2O3S. The van der Waals surface area contributed by atoms with E-state index in [0.717, 1.165) is 36.8 Å². The van der Waals surface area contributed by atoms with Crippen LogP contribution in [0.2, 0.25) is 0 Å². The highest BCUT2D eigenvalue weighted by molar-refractivity contribution is 7.99. The highest BCUT2D eigenvalue weighted by Crippen LogP contribution is 2.40. The van der Waals surface area contributed by atoms with Crippen LogP contribution in [0.25, 0.3) is 0 Å². The van der Waals surface area contributed by atoms with Crippen molar-refractivity contribution in [2.24, 2.45) is 0 Å². The van der Waals surface area contributed by atoms with E-state index in [9.17, 15) is 4.79 Å². The van der Waals surface area contributed by atoms with Crippen LogP contribution in [0.3, 0.4) is 0 Å². The average Bonchev–Trinajstić information content (AvgIpc) is 2.82. The molecule has 0 radical (unpaired) electrons. The van der Waals surface area contributed by atoms with Gasteiger partial charge >= 0.3 is 6.03 Å². The van der Waals surface area contributed by atoms with Crippen molar-refractivity contribution in [2.45, 2.75) is 18.6 Å². The van der Waals surface area contributed by atoms with Crippen molar-refractivity contribution >= 4 is 17.8 Å². The summed E-state index contributed by atoms with van der Waals surface area (Å²) in [4.78, 5) is 13.8. The number of nitrogens with one attached hydrogen (secondary N) is 1. The molecule has 1 N–H and O–H groups in total. The molecular weight excluding hydrogens is 288 g/mol. The summed E-state index contributed by atoms with van der Waals surface area (Å²) in [6.45, 7) is 4.52. The standard InChI is InChI=1S/C15H20N2O3S/c1-2-16-15(18)17-6-5-14(21-8-7-17)11-3-4-12-13(9-11)20-10-19-12/h3-4,9,14H,2,5-8,10H2,1H3,(H,16,18). The zero-order valence-corrected chi connectivity index (χ0v) is 12.9. The minimum Gasteiger partial charge on any atom is -0.454 e. The predicted molar refractivity (Wildman–Crippen MR) is 83.0 cm³/mol. The van der Waals surface area contributed by atoms with Crippen molar-refractivity contribution < 1.29 is 14.3 Å². The first-order valence-corrected chi connectivity index (χ1v) is 8.36. The normalized spacial score (nSPS) is 21.0. The zero-order valence-electron chi connectivity index (χ0n) is 12.1. The molecule has 1 fully saturated rings. The molecule has 1 aromatic carbocycles. The van der Waals surface area contributed by atoms with E-state index in [4.69, 9.17) is 9.47 Å². The van der Waals surface area contributed by atoms with E-state index < -0.39 is 0 Å². The molecule has 6 heteroatoms. The van der Waals surface area contributed by atoms with Gasteiger partial charge in [-0.05, 0) is 31.0 Å². The lowest BCUT2D eigenvalue weighted by Crippen LogP contribution is -2.41. The monoisotopic (exact) mass is 308 g/mol. The lowest BCUT2D eigenvalue weighted by Gasteiger charge is -2.20. The first-order chi connectivity index (χ1) is 10.3. The van der Waals surface area contributed by atoms with E-state index in [2.05, 4.69) is 17.4 Å². The highest BCUT2D eigenvalue weighted by Gasteiger charge is 2.23. The minimum atomic E-state index is 0.0458. The van der Waals surface area contributed by atoms with Crippen LogP contribution in [0.15, 0.2) is 18.2 Å². The number of urea groups is 1. The van der Waals surface area contributed by atoms with Gasteiger partial charge in [-0.2, -0.15) is 11.8 Å². The first-order valence-electron chi connectivity index (χ1n) is 7.32. The fourth-order valence-electron chi connectivity index (χ4n) is 2.62. The quantitative estimate of drug-likeness (QED) is 0.912. The van der Waals surface area contributed by atoms with Crippen LogP contribution in [0.4, 0.5) is 4.79 Å². The average molecular weight is 308 g/mol. The zero-order chi connectivity index (χ0) is 14.7. The van der Waals surface area contributed by atoms with Gasteiger partial charge in [0, 0.05) is 30.6 Å². The Hall–Kier alpha value is -1.56. The molecule has 3 rings (SSSR count). The number of carbonyl (C=O) groups is 1. The number of fused-ring (bicyclic) bond motifs is 1. The van der Waals surface area contributed by atoms with E-state index in [-0.39, 0.29) is 6.03 Å². The van der Waals surface area contributed by atoms with E-state index in [0.29, 0.717) is 18.6 Å². The van der Waals surface area contributed by atoms with Gasteiger partial charge in [0.2, 0.25) is 6.79 Å². The van der Waals surface area contributed by atoms with Crippen LogP contribution < -0.4 is 14.8 Å². The second kappa shape index (κ2) is 6.47. The van der Waals surface area contributed by atoms with Crippen molar-refractivity contribution in [1.29, 1.82) is 0 Å². The highest BCUT2D eigenvalue weighted by atomic mass is 32.2. The number of rotatable bonds is 2. The summed E-state index contributed by atoms with van der Waals surface area (Å²) in [5, 5.41) is 3.27. The third-order valence-corrected chi connectivity index (χ3v) is 5.05. The number of amides is 2. The summed E-state index contributed by atoms with van der Waals surface area (Å²) in [5.41, 5.74) is 1.25. The molecule has 1 saturated heterocycles. The summed E-state index contributed by atoms with van der Waals surface area (Å²) in [5.74, 6) is 2.61. The Morgan fingerprint density at radius 3 is 3.10 bits per heavy atom. The molecule has 0 aliphatic carbocycles. The fourth-order valence-corrected chi connectivity index (χ4v) is 3.84. The molecule has 2 amide bonds. The fraction of sp³-hybridized carbons (Fsp3) is 0.533. The van der Waals surface area contributed by atoms with Gasteiger partial charge in [0.1, 0.15) is 0 Å². The number of thioether (sulfide) groups is 1. The Kier molecular flexibility index (Phi) is 4.43. The third-order valence-electron chi connectivity index (χ3n) is 3.73. The molecule has 1 aromatic rings. The van der Waals surface area contributed by atoms with Crippen molar-refractivity contribution in [2.75, 3.05) is 32.2 Å². The van der Waals surface area contributed by atoms with E-state index in [1.165, 1.54) is 5.56 Å². The second-order valence-corrected chi connectivity index (χ2v) is 6.39. The predicted octanol–water partition coefficient (Wildman–Crippen LogP) is 2.62. The van der Waals surface area contributed by atoms with Gasteiger partial charge in [0.05, 0.1) is 0 Å². The van der Waals surface area contributed by atoms with Crippen LogP contribution in [-0.2, 0) is 0 Å². The van der Waals surface area contributed by atoms with Gasteiger partial charge < -0.3 is 19.7 Å². The van der Waals surface area contributed by atoms with Gasteiger partial charge in [0.25, 0.3) is 0 Å². The van der Waals surface area contributed by atoms with Gasteiger partial charge in [-0.15, -0.1) is 0 Å². The molecule has 1 atom stereocenters. The Morgan fingerprint density at radius 2 is 2.24 bits per heavy atom. The number of hydrogen-bond donors (Lipinski definition) is 1. The van der Waals surface area contributed by atoms with Gasteiger partial charge in [0.15, 0.2) is 11.5 Å². The molecule has 5 nitrogen and oxygen atoms in total. The summed E-state index contributed by atoms with van der Waals surface area (Å²) in [6.07, 6.45) is 0.960. The van der Waals surface area contributed by atoms with E-state index in [1.807, 2.05) is 29.7 Å². The SMILES string of the molecule is CCNC(=O)N1CCSC(c2ccc3c(c2)OCO3)CC1. The molecule has 114 valence electrons. The Labute approximate surface area is 129 Å². The lowest BCUT2D eigenvalue weighted by molar-refractivity contribution is 0.174. The molecule has 2 aliphatic rings. The number of carbonyl (C=O) groups excluding carboxylic acids is 1. The Balaban J connectivity index is 1.66. The van der Waals surface area contributed by atoms with Gasteiger partial charge in [-0.25, -0.2) is 4.79 Å². The molecule has 0 saturated carbocycles. The molecule has 2 aliphatic heterocycles. The number of benzene rings is 1. The summed E-state index contributed by atoms with van der Waals surface area (Å²) in [7, 11) is 0. The maximum absolute atomic E-state index is 11.9. The van der Waals surface area contributed by atoms with Crippen LogP contribution in [0, 0.1) is 0 Å². The number of ether oxygens (including phenoxy) is 2. The van der Waals surface area contributed by atoms with Crippen molar-refractivity contribution in [3.8, 4) is 11.5 Å². The first kappa shape index (κ1) is 14.4. The summed E-state index contributed by atoms with van der Waals surface area (Å²) in [6, 6.07) is 6.20. The molecule has 2 heterocycles. The Bertz CT molecular complexity index is 524. The van der Waals surface area contributed by atoms with Gasteiger partial charge in [-0.1, -0.05) is 6.07 Å². The topological polar surface area (TPSA) is 50.8 Å². The number of nitrogens with zero attached hydrogens (tertiary/aromatic N) is 1. The maximum Gasteiger partial charge on any atom is 0.317 e. The van der Waals surface area contributed by atoms with Gasteiger partial charge in [-0.3, -0.25) is 0 Å². The second-order valence-electron chi connectivity index (χ2n) is 5.08. The lowest BCUT2D eigenvalue weighted by atomic mass is 10.1. The number of hydrogen-bond acceptors (Lipinski definition) is 4. The Morgan fingerprint density at radius 1 is 1.38 bits per heavy atom. The van der Waals surface area contributed by atoms with Crippen molar-refractivity contribution in [1.82, 2.24) is 10.2 Å². The third kappa shape index (κ3) is 3.20. The molecule has 1 unspecified atom stereocenters. The van der Waals surface area contributed by atoms with Crippen LogP contribution in [0.1, 0.15) is 24.2 Å². The van der Waals surface area contributed by atoms with E-state index >= 15 is 0 Å². The molecule has 0 aromatic heterocycles. The molecule has 0 spiro atoms. The van der Waals surface area contributed by atoms with Crippen molar-refractivity contribution in [3.05, 3.63) is 23.8 Å². The van der Waals surface area contributed by atoms with Crippen LogP contribution >= 0.6 is 11.8 Å². The largest absolute Gasteiger partial charge is 0.454 e. The van der Waals surface area contributed by atoms with E-state index in [1.54, 1.807) is 0 Å². The minimum absolute atomic E-state index is 0.0458. The summed E-state index contributed by atoms with van der Waals surface area (Å²) >= 11 is 1.90. The summed E-state index contributed by atoms with van der Waals surface area (Å²) < 4.78 is 10.8. The molecule has 0 bridgehead atoms. The van der Waals surface area contributed by atoms with Crippen molar-refractivity contribution in [3.63, 3.8) is 0 Å². The molecule has 21 heavy (non-hydrogen) atoms. The van der Waals surface area contributed by atoms with Crippen LogP contribution in [-0.4, -0.2) is 43.1 Å². The smallest absolute Gasteiger partial charge is 0.317 e. The maximum atomic E-state index is 11.9.